The molecule has 0 amide bonds. The third kappa shape index (κ3) is 4.41. The summed E-state index contributed by atoms with van der Waals surface area (Å²) < 4.78 is 25.4. The number of rotatable bonds is 5. The summed E-state index contributed by atoms with van der Waals surface area (Å²) in [6.45, 7) is 5.24. The zero-order chi connectivity index (χ0) is 10.5. The van der Waals surface area contributed by atoms with Crippen LogP contribution in [0.5, 0.6) is 0 Å². The zero-order valence-electron chi connectivity index (χ0n) is 7.25. The molecule has 0 bridgehead atoms. The minimum Gasteiger partial charge on any atom is -0.211 e. The van der Waals surface area contributed by atoms with E-state index < -0.39 is 15.3 Å². The molecule has 0 aromatic heterocycles. The summed E-state index contributed by atoms with van der Waals surface area (Å²) in [7, 11) is -3.52. The predicted octanol–water partition coefficient (Wildman–Crippen LogP) is 1.12. The van der Waals surface area contributed by atoms with E-state index in [2.05, 4.69) is 27.2 Å². The van der Waals surface area contributed by atoms with E-state index in [0.29, 0.717) is 4.48 Å². The summed E-state index contributed by atoms with van der Waals surface area (Å²) in [6.07, 6.45) is 0.278. The molecule has 0 aliphatic carbocycles. The molecule has 0 aromatic carbocycles. The van der Waals surface area contributed by atoms with E-state index in [0.717, 1.165) is 0 Å². The van der Waals surface area contributed by atoms with E-state index in [1.165, 1.54) is 0 Å². The molecular weight excluding hydrogens is 256 g/mol. The summed E-state index contributed by atoms with van der Waals surface area (Å²) in [4.78, 5) is 0. The van der Waals surface area contributed by atoms with E-state index in [4.69, 9.17) is 5.26 Å². The molecule has 0 saturated carbocycles. The van der Waals surface area contributed by atoms with Gasteiger partial charge < -0.3 is 0 Å². The second kappa shape index (κ2) is 5.37. The van der Waals surface area contributed by atoms with Crippen LogP contribution in [0, 0.1) is 11.3 Å². The summed E-state index contributed by atoms with van der Waals surface area (Å²) in [5.74, 6) is 0. The largest absolute Gasteiger partial charge is 0.228 e. The molecule has 1 atom stereocenters. The van der Waals surface area contributed by atoms with Crippen LogP contribution in [0.25, 0.3) is 0 Å². The average molecular weight is 267 g/mol. The highest BCUT2D eigenvalue weighted by atomic mass is 79.9. The Labute approximate surface area is 86.8 Å². The molecular formula is C7H11BrN2O2S. The highest BCUT2D eigenvalue weighted by Crippen LogP contribution is 2.04. The predicted molar refractivity (Wildman–Crippen MR) is 54.7 cm³/mol. The lowest BCUT2D eigenvalue weighted by Gasteiger charge is -2.08. The Bertz CT molecular complexity index is 318. The number of hydrogen-bond acceptors (Lipinski definition) is 3. The van der Waals surface area contributed by atoms with Gasteiger partial charge in [0, 0.05) is 11.0 Å². The highest BCUT2D eigenvalue weighted by molar-refractivity contribution is 9.11. The van der Waals surface area contributed by atoms with E-state index in [1.54, 1.807) is 13.0 Å². The van der Waals surface area contributed by atoms with Gasteiger partial charge in [-0.15, -0.1) is 0 Å². The number of sulfonamides is 1. The number of nitriles is 1. The van der Waals surface area contributed by atoms with Crippen molar-refractivity contribution in [3.63, 3.8) is 0 Å². The fraction of sp³-hybridized carbons (Fsp3) is 0.571. The summed E-state index contributed by atoms with van der Waals surface area (Å²) in [5, 5.41) is 7.54. The molecule has 1 unspecified atom stereocenters. The maximum Gasteiger partial charge on any atom is 0.228 e. The van der Waals surface area contributed by atoms with Gasteiger partial charge in [0.05, 0.1) is 6.07 Å². The molecule has 0 radical (unpaired) electrons. The first-order chi connectivity index (χ1) is 5.94. The first-order valence-electron chi connectivity index (χ1n) is 3.65. The topological polar surface area (TPSA) is 70.0 Å². The molecule has 0 aliphatic rings. The lowest BCUT2D eigenvalue weighted by atomic mass is 10.4. The lowest BCUT2D eigenvalue weighted by molar-refractivity contribution is 0.576. The van der Waals surface area contributed by atoms with Crippen LogP contribution < -0.4 is 4.72 Å². The third-order valence-corrected chi connectivity index (χ3v) is 3.37. The van der Waals surface area contributed by atoms with Gasteiger partial charge in [-0.05, 0) is 6.42 Å². The van der Waals surface area contributed by atoms with Crippen molar-refractivity contribution in [3.05, 3.63) is 11.1 Å². The standard InChI is InChI=1S/C7H11BrN2O2S/c1-3-7(4-9)13(11,12)10-5-6(2)8/h7,10H,2-3,5H2,1H3. The molecule has 4 nitrogen and oxygen atoms in total. The van der Waals surface area contributed by atoms with Crippen LogP contribution >= 0.6 is 15.9 Å². The highest BCUT2D eigenvalue weighted by Gasteiger charge is 2.22. The van der Waals surface area contributed by atoms with Crippen molar-refractivity contribution in [1.82, 2.24) is 4.72 Å². The summed E-state index contributed by atoms with van der Waals surface area (Å²) >= 11 is 3.02. The van der Waals surface area contributed by atoms with Crippen molar-refractivity contribution in [3.8, 4) is 6.07 Å². The van der Waals surface area contributed by atoms with Gasteiger partial charge in [-0.2, -0.15) is 5.26 Å². The fourth-order valence-electron chi connectivity index (χ4n) is 0.660. The molecule has 0 heterocycles. The fourth-order valence-corrected chi connectivity index (χ4v) is 2.14. The van der Waals surface area contributed by atoms with Crippen LogP contribution in [0.15, 0.2) is 11.1 Å². The molecule has 0 fully saturated rings. The summed E-state index contributed by atoms with van der Waals surface area (Å²) in [5.41, 5.74) is 0. The maximum absolute atomic E-state index is 11.3. The number of halogens is 1. The lowest BCUT2D eigenvalue weighted by Crippen LogP contribution is -2.33. The van der Waals surface area contributed by atoms with Gasteiger partial charge in [-0.1, -0.05) is 29.4 Å². The molecule has 0 saturated heterocycles. The van der Waals surface area contributed by atoms with E-state index in [-0.39, 0.29) is 13.0 Å². The van der Waals surface area contributed by atoms with Crippen molar-refractivity contribution in [2.24, 2.45) is 0 Å². The molecule has 0 aromatic rings. The molecule has 0 aliphatic heterocycles. The van der Waals surface area contributed by atoms with Crippen molar-refractivity contribution >= 4 is 26.0 Å². The Balaban J connectivity index is 4.41. The summed E-state index contributed by atoms with van der Waals surface area (Å²) in [6, 6.07) is 1.72. The SMILES string of the molecule is C=C(Br)CNS(=O)(=O)C(C#N)CC. The number of nitrogens with zero attached hydrogens (tertiary/aromatic N) is 1. The first-order valence-corrected chi connectivity index (χ1v) is 5.99. The molecule has 0 rings (SSSR count). The van der Waals surface area contributed by atoms with E-state index in [9.17, 15) is 8.42 Å². The average Bonchev–Trinajstić information content (AvgIpc) is 2.03. The number of hydrogen-bond donors (Lipinski definition) is 1. The quantitative estimate of drug-likeness (QED) is 0.811. The van der Waals surface area contributed by atoms with Crippen LogP contribution in [-0.4, -0.2) is 20.2 Å². The second-order valence-electron chi connectivity index (χ2n) is 2.41. The van der Waals surface area contributed by atoms with Gasteiger partial charge in [0.25, 0.3) is 0 Å². The molecule has 6 heteroatoms. The normalized spacial score (nSPS) is 13.3. The first kappa shape index (κ1) is 12.6. The Morgan fingerprint density at radius 1 is 1.77 bits per heavy atom. The van der Waals surface area contributed by atoms with Gasteiger partial charge in [-0.3, -0.25) is 0 Å². The Hall–Kier alpha value is -0.380. The smallest absolute Gasteiger partial charge is 0.211 e. The molecule has 0 spiro atoms. The van der Waals surface area contributed by atoms with Gasteiger partial charge >= 0.3 is 0 Å². The molecule has 13 heavy (non-hydrogen) atoms. The van der Waals surface area contributed by atoms with Gasteiger partial charge in [0.1, 0.15) is 0 Å². The van der Waals surface area contributed by atoms with Crippen LogP contribution in [0.1, 0.15) is 13.3 Å². The Morgan fingerprint density at radius 2 is 2.31 bits per heavy atom. The van der Waals surface area contributed by atoms with Crippen LogP contribution in [0.2, 0.25) is 0 Å². The zero-order valence-corrected chi connectivity index (χ0v) is 9.65. The maximum atomic E-state index is 11.3. The van der Waals surface area contributed by atoms with Crippen molar-refractivity contribution < 1.29 is 8.42 Å². The van der Waals surface area contributed by atoms with Crippen molar-refractivity contribution in [2.45, 2.75) is 18.6 Å². The van der Waals surface area contributed by atoms with Crippen molar-refractivity contribution in [1.29, 1.82) is 5.26 Å². The second-order valence-corrected chi connectivity index (χ2v) is 5.48. The Morgan fingerprint density at radius 3 is 2.62 bits per heavy atom. The van der Waals surface area contributed by atoms with E-state index in [1.807, 2.05) is 0 Å². The van der Waals surface area contributed by atoms with Gasteiger partial charge in [-0.25, -0.2) is 13.1 Å². The minimum absolute atomic E-state index is 0.112. The molecule has 1 N–H and O–H groups in total. The number of nitrogens with one attached hydrogen (secondary N) is 1. The molecule has 74 valence electrons. The minimum atomic E-state index is -3.52. The third-order valence-electron chi connectivity index (χ3n) is 1.35. The van der Waals surface area contributed by atoms with Crippen LogP contribution in [-0.2, 0) is 10.0 Å². The van der Waals surface area contributed by atoms with Crippen LogP contribution in [0.3, 0.4) is 0 Å². The Kier molecular flexibility index (Phi) is 5.21. The van der Waals surface area contributed by atoms with E-state index >= 15 is 0 Å². The monoisotopic (exact) mass is 266 g/mol. The van der Waals surface area contributed by atoms with Crippen molar-refractivity contribution in [2.75, 3.05) is 6.54 Å². The van der Waals surface area contributed by atoms with Gasteiger partial charge in [0.2, 0.25) is 10.0 Å². The van der Waals surface area contributed by atoms with Crippen LogP contribution in [0.4, 0.5) is 0 Å². The van der Waals surface area contributed by atoms with Gasteiger partial charge in [0.15, 0.2) is 5.25 Å².